The van der Waals surface area contributed by atoms with Gasteiger partial charge in [-0.3, -0.25) is 0 Å². The number of carbonyl (C=O) groups is 2. The van der Waals surface area contributed by atoms with E-state index in [0.29, 0.717) is 11.4 Å². The SMILES string of the molecule is O=C(O)COc1c(C(=O)O)sc2cc3cc(NC(C4CCCCC4)C4CCCCC4)csc-3c12. The minimum absolute atomic E-state index is 0.0530. The molecule has 5 rings (SSSR count). The summed E-state index contributed by atoms with van der Waals surface area (Å²) in [5.74, 6) is -0.590. The van der Waals surface area contributed by atoms with Crippen molar-refractivity contribution < 1.29 is 24.5 Å². The van der Waals surface area contributed by atoms with E-state index in [1.807, 2.05) is 6.07 Å². The van der Waals surface area contributed by atoms with Crippen LogP contribution < -0.4 is 10.1 Å². The lowest BCUT2D eigenvalue weighted by Gasteiger charge is -2.39. The third-order valence-electron chi connectivity index (χ3n) is 7.47. The number of aromatic carboxylic acids is 1. The maximum Gasteiger partial charge on any atom is 0.349 e. The van der Waals surface area contributed by atoms with Crippen molar-refractivity contribution in [2.24, 2.45) is 11.8 Å². The van der Waals surface area contributed by atoms with E-state index in [0.717, 1.165) is 44.0 Å². The van der Waals surface area contributed by atoms with Gasteiger partial charge in [0.1, 0.15) is 0 Å². The highest BCUT2D eigenvalue weighted by molar-refractivity contribution is 7.22. The predicted octanol–water partition coefficient (Wildman–Crippen LogP) is 7.17. The smallest absolute Gasteiger partial charge is 0.349 e. The van der Waals surface area contributed by atoms with E-state index < -0.39 is 18.5 Å². The number of hydrogen-bond donors (Lipinski definition) is 3. The molecule has 0 saturated heterocycles. The molecule has 182 valence electrons. The number of anilines is 1. The van der Waals surface area contributed by atoms with Crippen LogP contribution in [0.15, 0.2) is 17.5 Å². The van der Waals surface area contributed by atoms with Gasteiger partial charge in [-0.2, -0.15) is 0 Å². The number of hydrogen-bond acceptors (Lipinski definition) is 6. The van der Waals surface area contributed by atoms with E-state index in [-0.39, 0.29) is 10.6 Å². The summed E-state index contributed by atoms with van der Waals surface area (Å²) in [6.07, 6.45) is 13.3. The molecule has 1 aliphatic heterocycles. The minimum atomic E-state index is -1.13. The number of thiophene rings is 1. The average Bonchev–Trinajstić information content (AvgIpc) is 3.38. The van der Waals surface area contributed by atoms with Crippen molar-refractivity contribution in [2.45, 2.75) is 70.3 Å². The summed E-state index contributed by atoms with van der Waals surface area (Å²) < 4.78 is 6.27. The van der Waals surface area contributed by atoms with Gasteiger partial charge in [-0.15, -0.1) is 22.7 Å². The Morgan fingerprint density at radius 3 is 2.24 bits per heavy atom. The van der Waals surface area contributed by atoms with E-state index in [4.69, 9.17) is 9.84 Å². The number of aliphatic carboxylic acids is 1. The highest BCUT2D eigenvalue weighted by Gasteiger charge is 2.32. The minimum Gasteiger partial charge on any atom is -0.479 e. The molecular formula is C26H31NO5S2. The summed E-state index contributed by atoms with van der Waals surface area (Å²) >= 11 is 2.72. The third-order valence-corrected chi connectivity index (χ3v) is 9.62. The number of nitrogens with one attached hydrogen (secondary N) is 1. The van der Waals surface area contributed by atoms with Gasteiger partial charge in [-0.1, -0.05) is 38.5 Å². The van der Waals surface area contributed by atoms with E-state index in [1.54, 1.807) is 11.3 Å². The molecule has 8 heteroatoms. The summed E-state index contributed by atoms with van der Waals surface area (Å²) in [5, 5.41) is 25.4. The molecule has 1 aromatic heterocycles. The lowest BCUT2D eigenvalue weighted by molar-refractivity contribution is -0.139. The van der Waals surface area contributed by atoms with Gasteiger partial charge < -0.3 is 20.3 Å². The predicted molar refractivity (Wildman–Crippen MR) is 137 cm³/mol. The first-order chi connectivity index (χ1) is 16.5. The fraction of sp³-hybridized carbons (Fsp3) is 0.538. The van der Waals surface area contributed by atoms with Gasteiger partial charge in [0.05, 0.1) is 5.39 Å². The van der Waals surface area contributed by atoms with E-state index >= 15 is 0 Å². The molecule has 0 atom stereocenters. The topological polar surface area (TPSA) is 95.9 Å². The number of rotatable bonds is 8. The molecule has 0 aromatic carbocycles. The van der Waals surface area contributed by atoms with Crippen molar-refractivity contribution in [3.05, 3.63) is 22.4 Å². The summed E-state index contributed by atoms with van der Waals surface area (Å²) in [5.41, 5.74) is 2.17. The number of carboxylic acids is 2. The number of ether oxygens (including phenoxy) is 1. The molecule has 0 amide bonds. The molecular weight excluding hydrogens is 470 g/mol. The number of carboxylic acid groups (broad SMARTS) is 2. The zero-order chi connectivity index (χ0) is 23.7. The molecule has 0 bridgehead atoms. The standard InChI is InChI=1S/C26H31NO5S2/c28-20(29)13-32-23-21-19(34-25(23)26(30)31)12-17-11-18(14-33-24(17)21)27-22(15-7-3-1-4-8-15)16-9-5-2-6-10-16/h11-12,14-16,22,27H,1-10,13H2,(H,28,29)(H,30,31). The van der Waals surface area contributed by atoms with Gasteiger partial charge in [-0.25, -0.2) is 9.59 Å². The van der Waals surface area contributed by atoms with Crippen LogP contribution >= 0.6 is 22.7 Å². The van der Waals surface area contributed by atoms with Crippen molar-refractivity contribution >= 4 is 50.4 Å². The highest BCUT2D eigenvalue weighted by Crippen LogP contribution is 2.49. The Bertz CT molecular complexity index is 1120. The largest absolute Gasteiger partial charge is 0.479 e. The molecule has 3 N–H and O–H groups in total. The van der Waals surface area contributed by atoms with Crippen LogP contribution in [0, 0.1) is 11.8 Å². The van der Waals surface area contributed by atoms with Crippen LogP contribution in [0.3, 0.4) is 0 Å². The Morgan fingerprint density at radius 2 is 1.65 bits per heavy atom. The Balaban J connectivity index is 1.46. The van der Waals surface area contributed by atoms with Crippen LogP contribution in [0.25, 0.3) is 20.5 Å². The molecule has 0 radical (unpaired) electrons. The summed E-state index contributed by atoms with van der Waals surface area (Å²) in [6, 6.07) is 4.68. The van der Waals surface area contributed by atoms with Gasteiger partial charge in [0, 0.05) is 26.7 Å². The van der Waals surface area contributed by atoms with Crippen molar-refractivity contribution in [3.8, 4) is 16.2 Å². The summed E-state index contributed by atoms with van der Waals surface area (Å²) in [6.45, 7) is -0.562. The molecule has 1 aromatic rings. The Labute approximate surface area is 207 Å². The Morgan fingerprint density at radius 1 is 1.00 bits per heavy atom. The molecule has 0 unspecified atom stereocenters. The first-order valence-corrected chi connectivity index (χ1v) is 14.0. The average molecular weight is 502 g/mol. The lowest BCUT2D eigenvalue weighted by Crippen LogP contribution is -2.38. The zero-order valence-electron chi connectivity index (χ0n) is 19.2. The van der Waals surface area contributed by atoms with Crippen LogP contribution in [0.4, 0.5) is 5.69 Å². The van der Waals surface area contributed by atoms with Gasteiger partial charge in [-0.05, 0) is 55.2 Å². The second-order valence-corrected chi connectivity index (χ2v) is 11.6. The van der Waals surface area contributed by atoms with Gasteiger partial charge in [0.2, 0.25) is 0 Å². The first-order valence-electron chi connectivity index (χ1n) is 12.3. The van der Waals surface area contributed by atoms with Gasteiger partial charge >= 0.3 is 11.9 Å². The normalized spacial score (nSPS) is 18.0. The zero-order valence-corrected chi connectivity index (χ0v) is 20.8. The van der Waals surface area contributed by atoms with Gasteiger partial charge in [0.15, 0.2) is 17.2 Å². The fourth-order valence-corrected chi connectivity index (χ4v) is 8.01. The monoisotopic (exact) mass is 501 g/mol. The maximum atomic E-state index is 11.7. The second-order valence-electron chi connectivity index (χ2n) is 9.72. The Kier molecular flexibility index (Phi) is 6.97. The number of fused-ring (bicyclic) bond motifs is 3. The van der Waals surface area contributed by atoms with Crippen molar-refractivity contribution in [3.63, 3.8) is 0 Å². The quantitative estimate of drug-likeness (QED) is 0.303. The lowest BCUT2D eigenvalue weighted by atomic mass is 9.73. The van der Waals surface area contributed by atoms with E-state index in [9.17, 15) is 14.7 Å². The highest BCUT2D eigenvalue weighted by atomic mass is 32.1. The molecule has 34 heavy (non-hydrogen) atoms. The first kappa shape index (κ1) is 23.4. The van der Waals surface area contributed by atoms with E-state index in [2.05, 4.69) is 16.8 Å². The molecule has 6 nitrogen and oxygen atoms in total. The fourth-order valence-electron chi connectivity index (χ4n) is 5.95. The maximum absolute atomic E-state index is 11.7. The Hall–Kier alpha value is -2.32. The third kappa shape index (κ3) is 4.75. The molecule has 0 spiro atoms. The van der Waals surface area contributed by atoms with Crippen LogP contribution in [-0.2, 0) is 4.79 Å². The summed E-state index contributed by atoms with van der Waals surface area (Å²) in [4.78, 5) is 23.8. The molecule has 2 heterocycles. The molecule has 4 aliphatic rings. The summed E-state index contributed by atoms with van der Waals surface area (Å²) in [7, 11) is 0. The van der Waals surface area contributed by atoms with Crippen LogP contribution in [-0.4, -0.2) is 34.8 Å². The molecule has 2 fully saturated rings. The van der Waals surface area contributed by atoms with Crippen LogP contribution in [0.1, 0.15) is 73.9 Å². The van der Waals surface area contributed by atoms with Crippen LogP contribution in [0.2, 0.25) is 0 Å². The second kappa shape index (κ2) is 10.1. The van der Waals surface area contributed by atoms with Crippen molar-refractivity contribution in [2.75, 3.05) is 11.9 Å². The molecule has 3 aliphatic carbocycles. The van der Waals surface area contributed by atoms with Crippen LogP contribution in [0.5, 0.6) is 5.75 Å². The van der Waals surface area contributed by atoms with Crippen molar-refractivity contribution in [1.82, 2.24) is 0 Å². The van der Waals surface area contributed by atoms with Crippen molar-refractivity contribution in [1.29, 1.82) is 0 Å². The molecule has 2 saturated carbocycles. The van der Waals surface area contributed by atoms with E-state index in [1.165, 1.54) is 64.2 Å². The van der Waals surface area contributed by atoms with Gasteiger partial charge in [0.25, 0.3) is 0 Å².